The second-order valence-corrected chi connectivity index (χ2v) is 7.74. The first-order valence-electron chi connectivity index (χ1n) is 9.99. The molecular formula is C25H22F6O3. The average molecular weight is 484 g/mol. The van der Waals surface area contributed by atoms with Gasteiger partial charge in [-0.3, -0.25) is 0 Å². The zero-order valence-electron chi connectivity index (χ0n) is 17.3. The normalized spacial score (nSPS) is 18.3. The van der Waals surface area contributed by atoms with Gasteiger partial charge < -0.3 is 14.2 Å². The van der Waals surface area contributed by atoms with E-state index in [9.17, 15) is 26.3 Å². The van der Waals surface area contributed by atoms with Crippen molar-refractivity contribution in [1.29, 1.82) is 0 Å². The lowest BCUT2D eigenvalue weighted by Crippen LogP contribution is -2.24. The number of rotatable bonds is 4. The van der Waals surface area contributed by atoms with Gasteiger partial charge in [-0.1, -0.05) is 50.7 Å². The Morgan fingerprint density at radius 3 is 1.82 bits per heavy atom. The summed E-state index contributed by atoms with van der Waals surface area (Å²) < 4.78 is 94.4. The van der Waals surface area contributed by atoms with Crippen LogP contribution in [0.1, 0.15) is 26.2 Å². The zero-order valence-corrected chi connectivity index (χ0v) is 17.3. The Bertz CT molecular complexity index is 1110. The molecule has 3 aromatic rings. The van der Waals surface area contributed by atoms with Gasteiger partial charge in [0.15, 0.2) is 17.9 Å². The van der Waals surface area contributed by atoms with Gasteiger partial charge in [0.05, 0.1) is 13.2 Å². The molecule has 1 aliphatic rings. The van der Waals surface area contributed by atoms with E-state index in [0.29, 0.717) is 42.4 Å². The maximum absolute atomic E-state index is 14.8. The van der Waals surface area contributed by atoms with Crippen LogP contribution in [0, 0.1) is 23.4 Å². The highest BCUT2D eigenvalue weighted by Gasteiger charge is 2.34. The lowest BCUT2D eigenvalue weighted by atomic mass is 9.98. The largest absolute Gasteiger partial charge is 0.573 e. The van der Waals surface area contributed by atoms with Gasteiger partial charge in [0.2, 0.25) is 5.75 Å². The van der Waals surface area contributed by atoms with Crippen LogP contribution in [-0.4, -0.2) is 19.6 Å². The lowest BCUT2D eigenvalue weighted by molar-refractivity contribution is -0.276. The molecule has 182 valence electrons. The van der Waals surface area contributed by atoms with Gasteiger partial charge in [0.25, 0.3) is 0 Å². The van der Waals surface area contributed by atoms with Gasteiger partial charge in [0.1, 0.15) is 5.82 Å². The summed E-state index contributed by atoms with van der Waals surface area (Å²) in [4.78, 5) is 0. The summed E-state index contributed by atoms with van der Waals surface area (Å²) in [6.45, 7) is 3.19. The Labute approximate surface area is 192 Å². The van der Waals surface area contributed by atoms with E-state index >= 15 is 0 Å². The van der Waals surface area contributed by atoms with Crippen LogP contribution < -0.4 is 4.74 Å². The fourth-order valence-corrected chi connectivity index (χ4v) is 3.48. The number of ether oxygens (including phenoxy) is 3. The quantitative estimate of drug-likeness (QED) is 0.356. The molecule has 0 bridgehead atoms. The molecule has 0 N–H and O–H groups in total. The predicted octanol–water partition coefficient (Wildman–Crippen LogP) is 7.65. The number of benzene rings is 3. The Kier molecular flexibility index (Phi) is 7.57. The maximum Gasteiger partial charge on any atom is 0.573 e. The van der Waals surface area contributed by atoms with Crippen molar-refractivity contribution >= 4 is 0 Å². The molecule has 0 radical (unpaired) electrons. The molecule has 4 rings (SSSR count). The summed E-state index contributed by atoms with van der Waals surface area (Å²) in [5, 5.41) is 0. The van der Waals surface area contributed by atoms with Crippen LogP contribution in [0.2, 0.25) is 0 Å². The van der Waals surface area contributed by atoms with Crippen LogP contribution >= 0.6 is 0 Å². The lowest BCUT2D eigenvalue weighted by Gasteiger charge is -2.27. The number of alkyl halides is 3. The summed E-state index contributed by atoms with van der Waals surface area (Å²) >= 11 is 0. The van der Waals surface area contributed by atoms with Crippen LogP contribution in [0.25, 0.3) is 22.3 Å². The third-order valence-electron chi connectivity index (χ3n) is 5.08. The van der Waals surface area contributed by atoms with Crippen LogP contribution in [-0.2, 0) is 9.47 Å². The highest BCUT2D eigenvalue weighted by molar-refractivity contribution is 5.71. The van der Waals surface area contributed by atoms with Crippen LogP contribution in [0.3, 0.4) is 0 Å². The Morgan fingerprint density at radius 1 is 0.765 bits per heavy atom. The van der Waals surface area contributed by atoms with E-state index in [4.69, 9.17) is 9.47 Å². The van der Waals surface area contributed by atoms with E-state index in [-0.39, 0.29) is 18.6 Å². The monoisotopic (exact) mass is 484 g/mol. The second-order valence-electron chi connectivity index (χ2n) is 7.74. The van der Waals surface area contributed by atoms with Gasteiger partial charge in [-0.2, -0.15) is 0 Å². The van der Waals surface area contributed by atoms with E-state index < -0.39 is 35.9 Å². The summed E-state index contributed by atoms with van der Waals surface area (Å²) in [6.07, 6.45) is -5.73. The van der Waals surface area contributed by atoms with E-state index in [2.05, 4.69) is 4.74 Å². The predicted molar refractivity (Wildman–Crippen MR) is 114 cm³/mol. The zero-order chi connectivity index (χ0) is 23.8. The van der Waals surface area contributed by atoms with Crippen LogP contribution in [0.5, 0.6) is 5.75 Å². The van der Waals surface area contributed by atoms with Crippen molar-refractivity contribution in [3.63, 3.8) is 0 Å². The first kappa shape index (κ1) is 25.6. The fraction of sp³-hybridized carbons (Fsp3) is 0.280. The molecule has 3 nitrogen and oxygen atoms in total. The first-order valence-corrected chi connectivity index (χ1v) is 9.99. The molecule has 3 aromatic carbocycles. The topological polar surface area (TPSA) is 27.7 Å². The SMILES string of the molecule is C.CC1COC(c2ccc(-c3ccc(-c4cc(F)c(OC(F)(F)F)c(F)c4)c(F)c3)cc2)OC1. The molecule has 34 heavy (non-hydrogen) atoms. The molecule has 1 fully saturated rings. The highest BCUT2D eigenvalue weighted by Crippen LogP contribution is 2.35. The molecule has 0 aliphatic carbocycles. The summed E-state index contributed by atoms with van der Waals surface area (Å²) in [6, 6.07) is 12.3. The minimum atomic E-state index is -5.26. The summed E-state index contributed by atoms with van der Waals surface area (Å²) in [7, 11) is 0. The van der Waals surface area contributed by atoms with Gasteiger partial charge in [-0.25, -0.2) is 13.2 Å². The average Bonchev–Trinajstić information content (AvgIpc) is 2.76. The standard InChI is InChI=1S/C24H18F6O3.CH4/c1-13-11-31-23(32-12-13)15-4-2-14(3-5-15)16-6-7-18(19(25)8-16)17-9-20(26)22(21(27)10-17)33-24(28,29)30;/h2-10,13,23H,11-12H2,1H3;1H4. The highest BCUT2D eigenvalue weighted by atomic mass is 19.4. The van der Waals surface area contributed by atoms with Crippen molar-refractivity contribution in [2.45, 2.75) is 27.0 Å². The number of hydrogen-bond acceptors (Lipinski definition) is 3. The molecule has 1 aliphatic heterocycles. The Hall–Kier alpha value is -3.04. The summed E-state index contributed by atoms with van der Waals surface area (Å²) in [5.74, 6) is -5.26. The van der Waals surface area contributed by atoms with Crippen molar-refractivity contribution in [3.05, 3.63) is 77.6 Å². The molecule has 0 unspecified atom stereocenters. The second kappa shape index (κ2) is 10.1. The van der Waals surface area contributed by atoms with Gasteiger partial charge in [0, 0.05) is 17.0 Å². The minimum Gasteiger partial charge on any atom is -0.399 e. The number of halogens is 6. The van der Waals surface area contributed by atoms with E-state index in [1.807, 2.05) is 6.92 Å². The first-order chi connectivity index (χ1) is 15.6. The smallest absolute Gasteiger partial charge is 0.399 e. The Morgan fingerprint density at radius 2 is 1.29 bits per heavy atom. The number of hydrogen-bond donors (Lipinski definition) is 0. The van der Waals surface area contributed by atoms with Crippen molar-refractivity contribution in [3.8, 4) is 28.0 Å². The molecule has 0 aromatic heterocycles. The molecule has 0 amide bonds. The van der Waals surface area contributed by atoms with Crippen molar-refractivity contribution in [2.24, 2.45) is 5.92 Å². The van der Waals surface area contributed by atoms with E-state index in [0.717, 1.165) is 5.56 Å². The molecular weight excluding hydrogens is 462 g/mol. The molecule has 9 heteroatoms. The van der Waals surface area contributed by atoms with Crippen molar-refractivity contribution in [1.82, 2.24) is 0 Å². The maximum atomic E-state index is 14.8. The minimum absolute atomic E-state index is 0. The molecule has 0 atom stereocenters. The van der Waals surface area contributed by atoms with Crippen molar-refractivity contribution < 1.29 is 40.6 Å². The molecule has 0 spiro atoms. The fourth-order valence-electron chi connectivity index (χ4n) is 3.48. The molecule has 0 saturated carbocycles. The van der Waals surface area contributed by atoms with Gasteiger partial charge >= 0.3 is 6.36 Å². The summed E-state index contributed by atoms with van der Waals surface area (Å²) in [5.41, 5.74) is 1.55. The van der Waals surface area contributed by atoms with Crippen molar-refractivity contribution in [2.75, 3.05) is 13.2 Å². The molecule has 1 heterocycles. The van der Waals surface area contributed by atoms with Crippen LogP contribution in [0.15, 0.2) is 54.6 Å². The Balaban J connectivity index is 0.00000324. The third kappa shape index (κ3) is 5.71. The molecule has 1 saturated heterocycles. The van der Waals surface area contributed by atoms with Gasteiger partial charge in [-0.15, -0.1) is 13.2 Å². The van der Waals surface area contributed by atoms with Gasteiger partial charge in [-0.05, 0) is 34.9 Å². The van der Waals surface area contributed by atoms with E-state index in [1.54, 1.807) is 30.3 Å². The van der Waals surface area contributed by atoms with Crippen LogP contribution in [0.4, 0.5) is 26.3 Å². The van der Waals surface area contributed by atoms with E-state index in [1.165, 1.54) is 12.1 Å². The third-order valence-corrected chi connectivity index (χ3v) is 5.08.